The predicted octanol–water partition coefficient (Wildman–Crippen LogP) is 2.53. The van der Waals surface area contributed by atoms with E-state index in [2.05, 4.69) is 0 Å². The van der Waals surface area contributed by atoms with E-state index in [0.717, 1.165) is 25.0 Å². The Morgan fingerprint density at radius 2 is 2.25 bits per heavy atom. The first-order valence-electron chi connectivity index (χ1n) is 5.27. The van der Waals surface area contributed by atoms with Gasteiger partial charge in [-0.2, -0.15) is 0 Å². The van der Waals surface area contributed by atoms with E-state index < -0.39 is 16.8 Å². The van der Waals surface area contributed by atoms with Crippen molar-refractivity contribution < 1.29 is 9.31 Å². The third-order valence-corrected chi connectivity index (χ3v) is 2.87. The molecule has 1 aliphatic rings. The lowest BCUT2D eigenvalue weighted by Gasteiger charge is -2.11. The Bertz CT molecular complexity index is 418. The van der Waals surface area contributed by atoms with Crippen LogP contribution < -0.4 is 5.73 Å². The molecule has 16 heavy (non-hydrogen) atoms. The summed E-state index contributed by atoms with van der Waals surface area (Å²) in [4.78, 5) is 10.0. The number of nitro benzene ring substituents is 1. The zero-order valence-electron chi connectivity index (χ0n) is 8.73. The second-order valence-corrected chi connectivity index (χ2v) is 4.25. The monoisotopic (exact) mass is 224 g/mol. The van der Waals surface area contributed by atoms with Gasteiger partial charge in [0.25, 0.3) is 5.69 Å². The van der Waals surface area contributed by atoms with Crippen LogP contribution in [0.1, 0.15) is 30.9 Å². The van der Waals surface area contributed by atoms with E-state index in [1.807, 2.05) is 0 Å². The summed E-state index contributed by atoms with van der Waals surface area (Å²) < 4.78 is 13.5. The molecule has 0 bridgehead atoms. The van der Waals surface area contributed by atoms with Crippen LogP contribution in [0.15, 0.2) is 18.2 Å². The van der Waals surface area contributed by atoms with Gasteiger partial charge in [-0.1, -0.05) is 12.8 Å². The topological polar surface area (TPSA) is 69.2 Å². The standard InChI is InChI=1S/C11H13FN2O2/c12-10-4-3-8(14(15)16)6-9(10)11(13)5-7-1-2-7/h3-4,6-7,11H,1-2,5,13H2/t11-/m1/s1. The van der Waals surface area contributed by atoms with Gasteiger partial charge in [0, 0.05) is 23.7 Å². The van der Waals surface area contributed by atoms with E-state index in [9.17, 15) is 14.5 Å². The fraction of sp³-hybridized carbons (Fsp3) is 0.455. The molecule has 1 saturated carbocycles. The maximum Gasteiger partial charge on any atom is 0.269 e. The fourth-order valence-electron chi connectivity index (χ4n) is 1.77. The number of halogens is 1. The van der Waals surface area contributed by atoms with Crippen molar-refractivity contribution in [3.05, 3.63) is 39.7 Å². The molecule has 0 aliphatic heterocycles. The third kappa shape index (κ3) is 2.36. The van der Waals surface area contributed by atoms with Crippen LogP contribution in [-0.2, 0) is 0 Å². The molecule has 0 radical (unpaired) electrons. The zero-order valence-corrected chi connectivity index (χ0v) is 8.73. The van der Waals surface area contributed by atoms with Crippen LogP contribution in [-0.4, -0.2) is 4.92 Å². The van der Waals surface area contributed by atoms with Crippen LogP contribution in [0.3, 0.4) is 0 Å². The van der Waals surface area contributed by atoms with Gasteiger partial charge in [0.15, 0.2) is 0 Å². The summed E-state index contributed by atoms with van der Waals surface area (Å²) in [5.74, 6) is 0.104. The van der Waals surface area contributed by atoms with Gasteiger partial charge in [-0.25, -0.2) is 4.39 Å². The number of hydrogen-bond acceptors (Lipinski definition) is 3. The van der Waals surface area contributed by atoms with E-state index in [-0.39, 0.29) is 11.3 Å². The second kappa shape index (κ2) is 4.17. The molecule has 0 unspecified atom stereocenters. The number of hydrogen-bond donors (Lipinski definition) is 1. The van der Waals surface area contributed by atoms with E-state index in [0.29, 0.717) is 12.3 Å². The van der Waals surface area contributed by atoms with Gasteiger partial charge in [0.1, 0.15) is 5.82 Å². The summed E-state index contributed by atoms with van der Waals surface area (Å²) in [5, 5.41) is 10.6. The smallest absolute Gasteiger partial charge is 0.269 e. The van der Waals surface area contributed by atoms with E-state index in [4.69, 9.17) is 5.73 Å². The Hall–Kier alpha value is -1.49. The molecule has 0 saturated heterocycles. The zero-order chi connectivity index (χ0) is 11.7. The molecule has 1 atom stereocenters. The summed E-state index contributed by atoms with van der Waals surface area (Å²) in [6, 6.07) is 3.07. The van der Waals surface area contributed by atoms with Crippen LogP contribution in [0.4, 0.5) is 10.1 Å². The van der Waals surface area contributed by atoms with Crippen molar-refractivity contribution in [3.8, 4) is 0 Å². The van der Waals surface area contributed by atoms with Gasteiger partial charge < -0.3 is 5.73 Å². The van der Waals surface area contributed by atoms with Gasteiger partial charge in [-0.3, -0.25) is 10.1 Å². The summed E-state index contributed by atoms with van der Waals surface area (Å²) in [7, 11) is 0. The van der Waals surface area contributed by atoms with Crippen molar-refractivity contribution >= 4 is 5.69 Å². The number of nitrogens with zero attached hydrogens (tertiary/aromatic N) is 1. The Morgan fingerprint density at radius 3 is 2.81 bits per heavy atom. The van der Waals surface area contributed by atoms with Gasteiger partial charge >= 0.3 is 0 Å². The molecule has 0 spiro atoms. The second-order valence-electron chi connectivity index (χ2n) is 4.25. The van der Waals surface area contributed by atoms with Crippen molar-refractivity contribution in [3.63, 3.8) is 0 Å². The van der Waals surface area contributed by atoms with Crippen LogP contribution >= 0.6 is 0 Å². The molecule has 1 aromatic carbocycles. The summed E-state index contributed by atoms with van der Waals surface area (Å²) >= 11 is 0. The maximum absolute atomic E-state index is 13.5. The van der Waals surface area contributed by atoms with Crippen LogP contribution in [0.25, 0.3) is 0 Å². The number of rotatable bonds is 4. The van der Waals surface area contributed by atoms with Crippen LogP contribution in [0.2, 0.25) is 0 Å². The van der Waals surface area contributed by atoms with Crippen molar-refractivity contribution in [2.24, 2.45) is 11.7 Å². The molecule has 2 rings (SSSR count). The molecule has 1 aromatic rings. The average Bonchev–Trinajstić information content (AvgIpc) is 3.01. The highest BCUT2D eigenvalue weighted by Gasteiger charge is 2.26. The third-order valence-electron chi connectivity index (χ3n) is 2.87. The Balaban J connectivity index is 2.22. The maximum atomic E-state index is 13.5. The SMILES string of the molecule is N[C@H](CC1CC1)c1cc([N+](=O)[O-])ccc1F. The molecule has 0 aromatic heterocycles. The highest BCUT2D eigenvalue weighted by molar-refractivity contribution is 5.36. The van der Waals surface area contributed by atoms with Gasteiger partial charge in [-0.05, 0) is 18.4 Å². The molecule has 86 valence electrons. The minimum absolute atomic E-state index is 0.109. The van der Waals surface area contributed by atoms with Crippen molar-refractivity contribution in [1.29, 1.82) is 0 Å². The molecule has 1 aliphatic carbocycles. The van der Waals surface area contributed by atoms with E-state index in [1.54, 1.807) is 0 Å². The number of benzene rings is 1. The highest BCUT2D eigenvalue weighted by Crippen LogP contribution is 2.37. The summed E-state index contributed by atoms with van der Waals surface area (Å²) in [5.41, 5.74) is 5.99. The number of nitro groups is 1. The lowest BCUT2D eigenvalue weighted by atomic mass is 10.0. The van der Waals surface area contributed by atoms with Crippen molar-refractivity contribution in [1.82, 2.24) is 0 Å². The molecule has 2 N–H and O–H groups in total. The first kappa shape index (κ1) is 11.0. The van der Waals surface area contributed by atoms with E-state index >= 15 is 0 Å². The van der Waals surface area contributed by atoms with Gasteiger partial charge in [0.2, 0.25) is 0 Å². The number of nitrogens with two attached hydrogens (primary N) is 1. The lowest BCUT2D eigenvalue weighted by molar-refractivity contribution is -0.385. The van der Waals surface area contributed by atoms with Gasteiger partial charge in [0.05, 0.1) is 4.92 Å². The number of non-ortho nitro benzene ring substituents is 1. The molecule has 1 fully saturated rings. The molecule has 5 heteroatoms. The fourth-order valence-corrected chi connectivity index (χ4v) is 1.77. The summed E-state index contributed by atoms with van der Waals surface area (Å²) in [6.45, 7) is 0. The first-order chi connectivity index (χ1) is 7.58. The average molecular weight is 224 g/mol. The normalized spacial score (nSPS) is 17.1. The summed E-state index contributed by atoms with van der Waals surface area (Å²) in [6.07, 6.45) is 2.96. The minimum Gasteiger partial charge on any atom is -0.324 e. The van der Waals surface area contributed by atoms with Gasteiger partial charge in [-0.15, -0.1) is 0 Å². The Kier molecular flexibility index (Phi) is 2.87. The molecule has 4 nitrogen and oxygen atoms in total. The molecule has 0 heterocycles. The van der Waals surface area contributed by atoms with Crippen LogP contribution in [0.5, 0.6) is 0 Å². The van der Waals surface area contributed by atoms with Crippen molar-refractivity contribution in [2.45, 2.75) is 25.3 Å². The highest BCUT2D eigenvalue weighted by atomic mass is 19.1. The predicted molar refractivity (Wildman–Crippen MR) is 57.3 cm³/mol. The van der Waals surface area contributed by atoms with Crippen molar-refractivity contribution in [2.75, 3.05) is 0 Å². The Morgan fingerprint density at radius 1 is 1.56 bits per heavy atom. The minimum atomic E-state index is -0.535. The molecular weight excluding hydrogens is 211 g/mol. The molecular formula is C11H13FN2O2. The Labute approximate surface area is 92.4 Å². The largest absolute Gasteiger partial charge is 0.324 e. The van der Waals surface area contributed by atoms with E-state index in [1.165, 1.54) is 6.07 Å². The first-order valence-corrected chi connectivity index (χ1v) is 5.27. The lowest BCUT2D eigenvalue weighted by Crippen LogP contribution is -2.13. The quantitative estimate of drug-likeness (QED) is 0.631. The van der Waals surface area contributed by atoms with Crippen LogP contribution in [0, 0.1) is 21.8 Å². The molecule has 0 amide bonds.